The van der Waals surface area contributed by atoms with Crippen LogP contribution in [0, 0.1) is 5.92 Å². The van der Waals surface area contributed by atoms with E-state index in [1.165, 1.54) is 0 Å². The number of nitrogens with zero attached hydrogens (tertiary/aromatic N) is 2. The molecule has 1 fully saturated rings. The van der Waals surface area contributed by atoms with E-state index in [0.29, 0.717) is 25.5 Å². The number of amides is 1. The van der Waals surface area contributed by atoms with Crippen molar-refractivity contribution in [2.45, 2.75) is 26.2 Å². The molecule has 0 spiro atoms. The first-order valence-corrected chi connectivity index (χ1v) is 9.67. The molecule has 1 heterocycles. The standard InChI is InChI=1S/C20H32N4O3/c1-4-22-20(24-11-8-16(9-12-24)14-19(25)21-2)23-10-13-27-18-7-5-6-17(15-18)26-3/h5-7,15-16H,4,8-14H2,1-3H3,(H,21,25)(H,22,23). The molecule has 1 aromatic rings. The quantitative estimate of drug-likeness (QED) is 0.412. The summed E-state index contributed by atoms with van der Waals surface area (Å²) < 4.78 is 11.0. The second-order valence-electron chi connectivity index (χ2n) is 6.57. The second-order valence-corrected chi connectivity index (χ2v) is 6.57. The van der Waals surface area contributed by atoms with Crippen LogP contribution in [0.4, 0.5) is 0 Å². The Morgan fingerprint density at radius 3 is 2.70 bits per heavy atom. The molecule has 0 radical (unpaired) electrons. The molecule has 7 heteroatoms. The molecule has 1 saturated heterocycles. The molecule has 1 aromatic carbocycles. The molecule has 150 valence electrons. The van der Waals surface area contributed by atoms with Gasteiger partial charge in [-0.05, 0) is 37.8 Å². The molecule has 2 rings (SSSR count). The number of hydrogen-bond donors (Lipinski definition) is 2. The predicted octanol–water partition coefficient (Wildman–Crippen LogP) is 1.89. The zero-order valence-electron chi connectivity index (χ0n) is 16.7. The first kappa shape index (κ1) is 20.9. The minimum atomic E-state index is 0.128. The Labute approximate surface area is 162 Å². The van der Waals surface area contributed by atoms with Gasteiger partial charge in [-0.3, -0.25) is 4.79 Å². The molecular weight excluding hydrogens is 344 g/mol. The average molecular weight is 377 g/mol. The van der Waals surface area contributed by atoms with Crippen LogP contribution in [0.2, 0.25) is 0 Å². The number of piperidine rings is 1. The molecule has 7 nitrogen and oxygen atoms in total. The highest BCUT2D eigenvalue weighted by molar-refractivity contribution is 5.80. The van der Waals surface area contributed by atoms with Crippen LogP contribution in [0.3, 0.4) is 0 Å². The maximum absolute atomic E-state index is 11.5. The lowest BCUT2D eigenvalue weighted by Crippen LogP contribution is -2.46. The van der Waals surface area contributed by atoms with E-state index in [2.05, 4.69) is 22.5 Å². The van der Waals surface area contributed by atoms with Crippen LogP contribution >= 0.6 is 0 Å². The zero-order valence-corrected chi connectivity index (χ0v) is 16.7. The molecule has 1 aliphatic heterocycles. The molecule has 0 aliphatic carbocycles. The lowest BCUT2D eigenvalue weighted by molar-refractivity contribution is -0.121. The Bertz CT molecular complexity index is 613. The molecule has 0 unspecified atom stereocenters. The van der Waals surface area contributed by atoms with Crippen LogP contribution < -0.4 is 20.1 Å². The van der Waals surface area contributed by atoms with Gasteiger partial charge in [0.05, 0.1) is 13.7 Å². The van der Waals surface area contributed by atoms with Gasteiger partial charge in [-0.1, -0.05) is 6.07 Å². The number of rotatable bonds is 8. The van der Waals surface area contributed by atoms with Gasteiger partial charge in [-0.2, -0.15) is 0 Å². The van der Waals surface area contributed by atoms with Crippen molar-refractivity contribution in [1.29, 1.82) is 0 Å². The highest BCUT2D eigenvalue weighted by atomic mass is 16.5. The molecule has 1 amide bonds. The van der Waals surface area contributed by atoms with Gasteiger partial charge >= 0.3 is 0 Å². The SMILES string of the molecule is CCNC(=NCCOc1cccc(OC)c1)N1CCC(CC(=O)NC)CC1. The van der Waals surface area contributed by atoms with E-state index in [1.54, 1.807) is 14.2 Å². The van der Waals surface area contributed by atoms with Crippen molar-refractivity contribution in [1.82, 2.24) is 15.5 Å². The van der Waals surface area contributed by atoms with E-state index in [9.17, 15) is 4.79 Å². The van der Waals surface area contributed by atoms with Crippen molar-refractivity contribution >= 4 is 11.9 Å². The van der Waals surface area contributed by atoms with E-state index in [1.807, 2.05) is 24.3 Å². The summed E-state index contributed by atoms with van der Waals surface area (Å²) in [4.78, 5) is 18.5. The Balaban J connectivity index is 1.81. The number of likely N-dealkylation sites (tertiary alicyclic amines) is 1. The number of hydrogen-bond acceptors (Lipinski definition) is 4. The van der Waals surface area contributed by atoms with Gasteiger partial charge in [0.15, 0.2) is 5.96 Å². The molecule has 0 saturated carbocycles. The molecule has 1 aliphatic rings. The third-order valence-corrected chi connectivity index (χ3v) is 4.66. The van der Waals surface area contributed by atoms with E-state index < -0.39 is 0 Å². The molecule has 0 aromatic heterocycles. The normalized spacial score (nSPS) is 15.4. The lowest BCUT2D eigenvalue weighted by Gasteiger charge is -2.34. The summed E-state index contributed by atoms with van der Waals surface area (Å²) in [6.07, 6.45) is 2.64. The monoisotopic (exact) mass is 376 g/mol. The van der Waals surface area contributed by atoms with Crippen LogP contribution in [0.1, 0.15) is 26.2 Å². The third-order valence-electron chi connectivity index (χ3n) is 4.66. The van der Waals surface area contributed by atoms with Crippen molar-refractivity contribution in [2.24, 2.45) is 10.9 Å². The first-order chi connectivity index (χ1) is 13.2. The van der Waals surface area contributed by atoms with Crippen LogP contribution in [0.25, 0.3) is 0 Å². The van der Waals surface area contributed by atoms with Gasteiger partial charge < -0.3 is 25.0 Å². The van der Waals surface area contributed by atoms with E-state index in [0.717, 1.165) is 49.9 Å². The lowest BCUT2D eigenvalue weighted by atomic mass is 9.93. The van der Waals surface area contributed by atoms with Crippen LogP contribution in [-0.4, -0.2) is 63.7 Å². The molecule has 0 atom stereocenters. The number of carbonyl (C=O) groups excluding carboxylic acids is 1. The predicted molar refractivity (Wildman–Crippen MR) is 107 cm³/mol. The summed E-state index contributed by atoms with van der Waals surface area (Å²) in [5.74, 6) is 3.07. The summed E-state index contributed by atoms with van der Waals surface area (Å²) in [5, 5.41) is 6.07. The molecule has 27 heavy (non-hydrogen) atoms. The Hall–Kier alpha value is -2.44. The topological polar surface area (TPSA) is 75.2 Å². The van der Waals surface area contributed by atoms with Crippen LogP contribution in [-0.2, 0) is 4.79 Å². The third kappa shape index (κ3) is 7.00. The number of aliphatic imine (C=N–C) groups is 1. The number of benzene rings is 1. The summed E-state index contributed by atoms with van der Waals surface area (Å²) in [6.45, 7) is 5.83. The van der Waals surface area contributed by atoms with Gasteiger partial charge in [-0.25, -0.2) is 4.99 Å². The van der Waals surface area contributed by atoms with Gasteiger partial charge in [0.25, 0.3) is 0 Å². The summed E-state index contributed by atoms with van der Waals surface area (Å²) in [6, 6.07) is 7.58. The minimum absolute atomic E-state index is 0.128. The largest absolute Gasteiger partial charge is 0.497 e. The zero-order chi connectivity index (χ0) is 19.5. The van der Waals surface area contributed by atoms with Crippen molar-refractivity contribution in [2.75, 3.05) is 46.9 Å². The fourth-order valence-corrected chi connectivity index (χ4v) is 3.14. The Morgan fingerprint density at radius 2 is 2.04 bits per heavy atom. The summed E-state index contributed by atoms with van der Waals surface area (Å²) in [7, 11) is 3.34. The fourth-order valence-electron chi connectivity index (χ4n) is 3.14. The fraction of sp³-hybridized carbons (Fsp3) is 0.600. The maximum Gasteiger partial charge on any atom is 0.220 e. The Morgan fingerprint density at radius 1 is 1.30 bits per heavy atom. The van der Waals surface area contributed by atoms with Crippen LogP contribution in [0.5, 0.6) is 11.5 Å². The first-order valence-electron chi connectivity index (χ1n) is 9.67. The number of carbonyl (C=O) groups is 1. The highest BCUT2D eigenvalue weighted by Gasteiger charge is 2.22. The highest BCUT2D eigenvalue weighted by Crippen LogP contribution is 2.21. The average Bonchev–Trinajstić information content (AvgIpc) is 2.71. The second kappa shape index (κ2) is 11.3. The summed E-state index contributed by atoms with van der Waals surface area (Å²) >= 11 is 0. The molecular formula is C20H32N4O3. The van der Waals surface area contributed by atoms with Crippen molar-refractivity contribution < 1.29 is 14.3 Å². The number of methoxy groups -OCH3 is 1. The van der Waals surface area contributed by atoms with Crippen LogP contribution in [0.15, 0.2) is 29.3 Å². The van der Waals surface area contributed by atoms with Gasteiger partial charge in [0.1, 0.15) is 18.1 Å². The van der Waals surface area contributed by atoms with Crippen molar-refractivity contribution in [3.8, 4) is 11.5 Å². The Kier molecular flexibility index (Phi) is 8.74. The van der Waals surface area contributed by atoms with Gasteiger partial charge in [0, 0.05) is 39.2 Å². The van der Waals surface area contributed by atoms with E-state index in [-0.39, 0.29) is 5.91 Å². The molecule has 0 bridgehead atoms. The number of ether oxygens (including phenoxy) is 2. The number of guanidine groups is 1. The summed E-state index contributed by atoms with van der Waals surface area (Å²) in [5.41, 5.74) is 0. The minimum Gasteiger partial charge on any atom is -0.497 e. The number of nitrogens with one attached hydrogen (secondary N) is 2. The van der Waals surface area contributed by atoms with Gasteiger partial charge in [-0.15, -0.1) is 0 Å². The van der Waals surface area contributed by atoms with E-state index >= 15 is 0 Å². The van der Waals surface area contributed by atoms with E-state index in [4.69, 9.17) is 14.5 Å². The maximum atomic E-state index is 11.5. The van der Waals surface area contributed by atoms with Gasteiger partial charge in [0.2, 0.25) is 5.91 Å². The molecule has 2 N–H and O–H groups in total. The smallest absolute Gasteiger partial charge is 0.220 e. The van der Waals surface area contributed by atoms with Crippen molar-refractivity contribution in [3.63, 3.8) is 0 Å². The van der Waals surface area contributed by atoms with Crippen molar-refractivity contribution in [3.05, 3.63) is 24.3 Å².